The van der Waals surface area contributed by atoms with Gasteiger partial charge in [-0.1, -0.05) is 66.0 Å². The Balaban J connectivity index is 1.41. The molecule has 3 fully saturated rings. The highest BCUT2D eigenvalue weighted by Crippen LogP contribution is 2.68. The van der Waals surface area contributed by atoms with Gasteiger partial charge in [0, 0.05) is 27.0 Å². The number of anilines is 2. The second-order valence-corrected chi connectivity index (χ2v) is 12.4. The maximum Gasteiger partial charge on any atom is 0.339 e. The van der Waals surface area contributed by atoms with Crippen molar-refractivity contribution in [1.82, 2.24) is 0 Å². The van der Waals surface area contributed by atoms with E-state index in [-0.39, 0.29) is 22.7 Å². The summed E-state index contributed by atoms with van der Waals surface area (Å²) in [4.78, 5) is 73.1. The third kappa shape index (κ3) is 3.72. The molecule has 4 atom stereocenters. The molecule has 2 saturated heterocycles. The molecule has 3 aliphatic carbocycles. The second kappa shape index (κ2) is 9.62. The number of amides is 4. The van der Waals surface area contributed by atoms with Crippen LogP contribution in [0, 0.1) is 35.0 Å². The molecule has 2 bridgehead atoms. The minimum atomic E-state index is -1.54. The van der Waals surface area contributed by atoms with Crippen LogP contribution in [0.1, 0.15) is 13.8 Å². The minimum absolute atomic E-state index is 0.145. The largest absolute Gasteiger partial charge is 0.423 e. The highest BCUT2D eigenvalue weighted by atomic mass is 35.5. The molecule has 1 saturated carbocycles. The first-order valence-electron chi connectivity index (χ1n) is 13.8. The van der Waals surface area contributed by atoms with Crippen LogP contribution in [0.15, 0.2) is 90.0 Å². The molecule has 2 aliphatic heterocycles. The highest BCUT2D eigenvalue weighted by molar-refractivity contribution is 6.32. The average Bonchev–Trinajstić information content (AvgIpc) is 3.39. The summed E-state index contributed by atoms with van der Waals surface area (Å²) < 4.78 is 5.77. The van der Waals surface area contributed by atoms with Crippen molar-refractivity contribution in [2.24, 2.45) is 35.0 Å². The number of esters is 1. The van der Waals surface area contributed by atoms with Gasteiger partial charge in [-0.15, -0.1) is 0 Å². The number of hydrogen-bond acceptors (Lipinski definition) is 6. The molecule has 0 aromatic heterocycles. The van der Waals surface area contributed by atoms with Gasteiger partial charge in [0.25, 0.3) is 0 Å². The first kappa shape index (κ1) is 27.6. The Labute approximate surface area is 256 Å². The predicted molar refractivity (Wildman–Crippen MR) is 158 cm³/mol. The molecule has 10 heteroatoms. The number of hydrogen-bond donors (Lipinski definition) is 0. The van der Waals surface area contributed by atoms with Gasteiger partial charge in [0.2, 0.25) is 23.6 Å². The normalized spacial score (nSPS) is 29.3. The number of nitrogens with zero attached hydrogens (tertiary/aromatic N) is 2. The van der Waals surface area contributed by atoms with Crippen LogP contribution in [0.25, 0.3) is 0 Å². The monoisotopic (exact) mass is 614 g/mol. The summed E-state index contributed by atoms with van der Waals surface area (Å²) in [5.41, 5.74) is -0.356. The van der Waals surface area contributed by atoms with Gasteiger partial charge in [0.05, 0.1) is 35.0 Å². The topological polar surface area (TPSA) is 101 Å². The summed E-state index contributed by atoms with van der Waals surface area (Å²) in [7, 11) is 0. The van der Waals surface area contributed by atoms with Crippen LogP contribution in [-0.4, -0.2) is 29.6 Å². The Bertz CT molecular complexity index is 1710. The molecule has 8 nitrogen and oxygen atoms in total. The molecule has 4 amide bonds. The smallest absolute Gasteiger partial charge is 0.339 e. The predicted octanol–water partition coefficient (Wildman–Crippen LogP) is 5.48. The van der Waals surface area contributed by atoms with Crippen LogP contribution in [0.2, 0.25) is 10.0 Å². The Morgan fingerprint density at radius 3 is 1.65 bits per heavy atom. The van der Waals surface area contributed by atoms with Gasteiger partial charge in [-0.3, -0.25) is 19.2 Å². The second-order valence-electron chi connectivity index (χ2n) is 11.6. The van der Waals surface area contributed by atoms with E-state index in [9.17, 15) is 24.0 Å². The van der Waals surface area contributed by atoms with Crippen molar-refractivity contribution in [3.63, 3.8) is 0 Å². The van der Waals surface area contributed by atoms with Gasteiger partial charge in [-0.2, -0.15) is 0 Å². The fraction of sp³-hybridized carbons (Fsp3) is 0.242. The van der Waals surface area contributed by atoms with Crippen LogP contribution in [0.4, 0.5) is 11.4 Å². The summed E-state index contributed by atoms with van der Waals surface area (Å²) in [6.45, 7) is 3.33. The van der Waals surface area contributed by atoms with E-state index in [0.717, 1.165) is 9.80 Å². The molecular formula is C33H24Cl2N2O6. The van der Waals surface area contributed by atoms with Crippen LogP contribution in [0.5, 0.6) is 5.75 Å². The molecule has 8 rings (SSSR count). The SMILES string of the molecule is CC1=C(C(=O)Oc2ccccc2)C2(C)C3C(=O)N(c4cccc(Cl)c4)C(=O)C3C1C1C(=O)N(c3cccc(Cl)c3)C(=O)C12. The van der Waals surface area contributed by atoms with E-state index < -0.39 is 64.6 Å². The number of rotatable bonds is 4. The highest BCUT2D eigenvalue weighted by Gasteiger charge is 2.77. The Kier molecular flexibility index (Phi) is 6.17. The maximum absolute atomic E-state index is 14.3. The first-order chi connectivity index (χ1) is 20.6. The molecule has 5 aliphatic rings. The van der Waals surface area contributed by atoms with E-state index in [1.807, 2.05) is 0 Å². The molecule has 43 heavy (non-hydrogen) atoms. The van der Waals surface area contributed by atoms with E-state index in [1.165, 1.54) is 12.1 Å². The van der Waals surface area contributed by atoms with Crippen molar-refractivity contribution in [3.8, 4) is 5.75 Å². The van der Waals surface area contributed by atoms with Gasteiger partial charge < -0.3 is 4.74 Å². The number of halogens is 2. The minimum Gasteiger partial charge on any atom is -0.423 e. The zero-order valence-electron chi connectivity index (χ0n) is 23.0. The van der Waals surface area contributed by atoms with E-state index >= 15 is 0 Å². The maximum atomic E-state index is 14.3. The summed E-state index contributed by atoms with van der Waals surface area (Å²) in [6.07, 6.45) is 0. The quantitative estimate of drug-likeness (QED) is 0.219. The van der Waals surface area contributed by atoms with Crippen LogP contribution >= 0.6 is 23.2 Å². The molecule has 2 heterocycles. The van der Waals surface area contributed by atoms with Crippen molar-refractivity contribution in [2.45, 2.75) is 13.8 Å². The summed E-state index contributed by atoms with van der Waals surface area (Å²) in [5.74, 6) is -7.56. The number of carbonyl (C=O) groups excluding carboxylic acids is 5. The lowest BCUT2D eigenvalue weighted by Crippen LogP contribution is -2.61. The molecule has 216 valence electrons. The molecule has 0 radical (unpaired) electrons. The number of ether oxygens (including phenoxy) is 1. The zero-order chi connectivity index (χ0) is 30.4. The van der Waals surface area contributed by atoms with E-state index in [0.29, 0.717) is 15.6 Å². The standard InChI is InChI=1S/C33H24Cl2N2O6/c1-16-22-23-26(30(40)36(28(23)38)19-10-6-8-17(34)14-19)33(2,25(16)32(42)43-21-12-4-3-5-13-21)27-24(22)29(39)37(31(27)41)20-11-7-9-18(35)15-20/h3-15,22-24,26-27H,1-2H3. The van der Waals surface area contributed by atoms with Gasteiger partial charge in [-0.25, -0.2) is 14.6 Å². The lowest BCUT2D eigenvalue weighted by Gasteiger charge is -2.55. The third-order valence-electron chi connectivity index (χ3n) is 9.49. The third-order valence-corrected chi connectivity index (χ3v) is 9.96. The Morgan fingerprint density at radius 2 is 1.19 bits per heavy atom. The number of imide groups is 2. The van der Waals surface area contributed by atoms with E-state index in [4.69, 9.17) is 27.9 Å². The van der Waals surface area contributed by atoms with Crippen LogP contribution in [-0.2, 0) is 24.0 Å². The Hall–Kier alpha value is -4.27. The Morgan fingerprint density at radius 1 is 0.698 bits per heavy atom. The van der Waals surface area contributed by atoms with Crippen molar-refractivity contribution in [3.05, 3.63) is 100 Å². The zero-order valence-corrected chi connectivity index (χ0v) is 24.5. The summed E-state index contributed by atoms with van der Waals surface area (Å²) >= 11 is 12.4. The fourth-order valence-electron chi connectivity index (χ4n) is 7.99. The van der Waals surface area contributed by atoms with Gasteiger partial charge in [0.1, 0.15) is 5.75 Å². The fourth-order valence-corrected chi connectivity index (χ4v) is 8.36. The van der Waals surface area contributed by atoms with Crippen molar-refractivity contribution < 1.29 is 28.7 Å². The van der Waals surface area contributed by atoms with Gasteiger partial charge in [0.15, 0.2) is 0 Å². The van der Waals surface area contributed by atoms with Gasteiger partial charge >= 0.3 is 5.97 Å². The molecule has 3 aromatic rings. The van der Waals surface area contributed by atoms with Crippen molar-refractivity contribution in [1.29, 1.82) is 0 Å². The van der Waals surface area contributed by atoms with Crippen LogP contribution in [0.3, 0.4) is 0 Å². The van der Waals surface area contributed by atoms with E-state index in [1.54, 1.807) is 80.6 Å². The lowest BCUT2D eigenvalue weighted by atomic mass is 9.43. The van der Waals surface area contributed by atoms with E-state index in [2.05, 4.69) is 0 Å². The first-order valence-corrected chi connectivity index (χ1v) is 14.6. The molecule has 0 N–H and O–H groups in total. The molecule has 3 aromatic carbocycles. The van der Waals surface area contributed by atoms with Crippen LogP contribution < -0.4 is 14.5 Å². The number of carbonyl (C=O) groups is 5. The number of allylic oxidation sites excluding steroid dienone is 1. The van der Waals surface area contributed by atoms with Crippen molar-refractivity contribution in [2.75, 3.05) is 9.80 Å². The van der Waals surface area contributed by atoms with Crippen molar-refractivity contribution >= 4 is 64.2 Å². The summed E-state index contributed by atoms with van der Waals surface area (Å²) in [5, 5.41) is 0.672. The lowest BCUT2D eigenvalue weighted by molar-refractivity contribution is -0.152. The molecular weight excluding hydrogens is 591 g/mol. The molecule has 4 unspecified atom stereocenters. The number of para-hydroxylation sites is 1. The van der Waals surface area contributed by atoms with Gasteiger partial charge in [-0.05, 0) is 55.5 Å². The average molecular weight is 615 g/mol. The molecule has 0 spiro atoms. The summed E-state index contributed by atoms with van der Waals surface area (Å²) in [6, 6.07) is 21.2. The number of benzene rings is 3.